The molecule has 4 unspecified atom stereocenters. The van der Waals surface area contributed by atoms with Crippen LogP contribution in [0.3, 0.4) is 0 Å². The van der Waals surface area contributed by atoms with Gasteiger partial charge in [-0.05, 0) is 48.3 Å². The molecule has 21 heavy (non-hydrogen) atoms. The van der Waals surface area contributed by atoms with Gasteiger partial charge in [0.1, 0.15) is 0 Å². The summed E-state index contributed by atoms with van der Waals surface area (Å²) in [6.45, 7) is 8.96. The molecule has 0 spiro atoms. The number of carbonyl (C=O) groups is 2. The van der Waals surface area contributed by atoms with Crippen molar-refractivity contribution in [3.8, 4) is 0 Å². The Morgan fingerprint density at radius 2 is 1.00 bits per heavy atom. The zero-order valence-electron chi connectivity index (χ0n) is 13.3. The number of carbonyl (C=O) groups excluding carboxylic acids is 2. The predicted molar refractivity (Wildman–Crippen MR) is 88.3 cm³/mol. The summed E-state index contributed by atoms with van der Waals surface area (Å²) in [6.07, 6.45) is 4.70. The summed E-state index contributed by atoms with van der Waals surface area (Å²) in [7, 11) is -1.06. The molecule has 5 heteroatoms. The minimum Gasteiger partial charge on any atom is -0.386 e. The molecule has 0 N–H and O–H groups in total. The van der Waals surface area contributed by atoms with E-state index in [1.165, 1.54) is 25.7 Å². The van der Waals surface area contributed by atoms with E-state index >= 15 is 0 Å². The van der Waals surface area contributed by atoms with Gasteiger partial charge in [-0.2, -0.15) is 0 Å². The topological polar surface area (TPSA) is 43.4 Å². The smallest absolute Gasteiger partial charge is 0.347 e. The Hall–Kier alpha value is -0.260. The van der Waals surface area contributed by atoms with Gasteiger partial charge in [0.25, 0.3) is 0 Å². The Labute approximate surface area is 129 Å². The standard InChI is InChI=1S/C16H24O3P2/c1-9-5-6-10(2)20(9)13-14(16(18)19-15(13)17)21-11(3)7-8-12(21)4/h9-12H,5-8H2,1-4H3. The lowest BCUT2D eigenvalue weighted by Gasteiger charge is -2.25. The van der Waals surface area contributed by atoms with E-state index in [1.54, 1.807) is 0 Å². The molecule has 0 saturated carbocycles. The molecule has 0 bridgehead atoms. The summed E-state index contributed by atoms with van der Waals surface area (Å²) in [5.74, 6) is -0.619. The van der Waals surface area contributed by atoms with Gasteiger partial charge in [-0.3, -0.25) is 0 Å². The normalized spacial score (nSPS) is 43.8. The monoisotopic (exact) mass is 326 g/mol. The molecule has 116 valence electrons. The average Bonchev–Trinajstić information content (AvgIpc) is 3.00. The number of ether oxygens (including phenoxy) is 1. The fraction of sp³-hybridized carbons (Fsp3) is 0.750. The molecule has 0 radical (unpaired) electrons. The summed E-state index contributed by atoms with van der Waals surface area (Å²) in [5, 5.41) is 1.67. The van der Waals surface area contributed by atoms with E-state index in [0.29, 0.717) is 22.6 Å². The van der Waals surface area contributed by atoms with Crippen LogP contribution in [0.15, 0.2) is 10.6 Å². The van der Waals surface area contributed by atoms with Crippen LogP contribution < -0.4 is 0 Å². The molecule has 2 fully saturated rings. The maximum absolute atomic E-state index is 12.4. The highest BCUT2D eigenvalue weighted by Crippen LogP contribution is 2.70. The van der Waals surface area contributed by atoms with Crippen LogP contribution in [0.2, 0.25) is 0 Å². The van der Waals surface area contributed by atoms with Crippen LogP contribution in [0.4, 0.5) is 0 Å². The third-order valence-corrected chi connectivity index (χ3v) is 12.1. The number of rotatable bonds is 2. The van der Waals surface area contributed by atoms with Gasteiger partial charge in [-0.25, -0.2) is 9.59 Å². The molecular formula is C16H24O3P2. The first-order valence-corrected chi connectivity index (χ1v) is 10.9. The van der Waals surface area contributed by atoms with Crippen molar-refractivity contribution in [2.45, 2.75) is 76.0 Å². The molecule has 0 aromatic carbocycles. The second kappa shape index (κ2) is 5.74. The molecule has 0 aliphatic carbocycles. The summed E-state index contributed by atoms with van der Waals surface area (Å²) in [6, 6.07) is 0. The summed E-state index contributed by atoms with van der Waals surface area (Å²) in [4.78, 5) is 24.7. The van der Waals surface area contributed by atoms with Crippen LogP contribution in [0.5, 0.6) is 0 Å². The highest BCUT2D eigenvalue weighted by molar-refractivity contribution is 7.70. The van der Waals surface area contributed by atoms with Gasteiger partial charge in [-0.15, -0.1) is 0 Å². The summed E-state index contributed by atoms with van der Waals surface area (Å²) >= 11 is 0. The first kappa shape index (κ1) is 15.6. The molecule has 2 saturated heterocycles. The lowest BCUT2D eigenvalue weighted by atomic mass is 10.2. The zero-order valence-corrected chi connectivity index (χ0v) is 15.0. The second-order valence-electron chi connectivity index (χ2n) is 6.74. The van der Waals surface area contributed by atoms with Crippen molar-refractivity contribution in [1.82, 2.24) is 0 Å². The van der Waals surface area contributed by atoms with Crippen LogP contribution in [-0.2, 0) is 14.3 Å². The van der Waals surface area contributed by atoms with Crippen molar-refractivity contribution >= 4 is 27.8 Å². The third-order valence-electron chi connectivity index (χ3n) is 5.22. The van der Waals surface area contributed by atoms with E-state index in [0.717, 1.165) is 10.6 Å². The van der Waals surface area contributed by atoms with E-state index in [9.17, 15) is 9.59 Å². The lowest BCUT2D eigenvalue weighted by molar-refractivity contribution is -0.150. The molecule has 4 atom stereocenters. The SMILES string of the molecule is CC1CCC(C)P1C1=C(P2C(C)CCC2C)C(=O)OC1=O. The highest BCUT2D eigenvalue weighted by Gasteiger charge is 2.48. The largest absolute Gasteiger partial charge is 0.386 e. The van der Waals surface area contributed by atoms with Crippen LogP contribution in [0, 0.1) is 0 Å². The number of cyclic esters (lactones) is 2. The first-order chi connectivity index (χ1) is 9.91. The maximum atomic E-state index is 12.4. The van der Waals surface area contributed by atoms with Gasteiger partial charge in [0, 0.05) is 0 Å². The second-order valence-corrected chi connectivity index (χ2v) is 12.8. The molecule has 0 aromatic heterocycles. The zero-order chi connectivity index (χ0) is 15.3. The van der Waals surface area contributed by atoms with Gasteiger partial charge in [0.05, 0.1) is 10.6 Å². The van der Waals surface area contributed by atoms with Gasteiger partial charge in [-0.1, -0.05) is 43.5 Å². The van der Waals surface area contributed by atoms with Crippen molar-refractivity contribution in [1.29, 1.82) is 0 Å². The molecule has 3 rings (SSSR count). The average molecular weight is 326 g/mol. The Kier molecular flexibility index (Phi) is 4.27. The Morgan fingerprint density at radius 3 is 1.29 bits per heavy atom. The van der Waals surface area contributed by atoms with E-state index in [1.807, 2.05) is 0 Å². The van der Waals surface area contributed by atoms with Crippen molar-refractivity contribution in [3.05, 3.63) is 10.6 Å². The molecule has 0 aromatic rings. The number of hydrogen-bond donors (Lipinski definition) is 0. The Balaban J connectivity index is 2.07. The Morgan fingerprint density at radius 1 is 0.714 bits per heavy atom. The predicted octanol–water partition coefficient (Wildman–Crippen LogP) is 4.39. The van der Waals surface area contributed by atoms with Gasteiger partial charge >= 0.3 is 11.9 Å². The lowest BCUT2D eigenvalue weighted by Crippen LogP contribution is -2.08. The summed E-state index contributed by atoms with van der Waals surface area (Å²) in [5.41, 5.74) is 2.17. The number of hydrogen-bond acceptors (Lipinski definition) is 3. The fourth-order valence-corrected chi connectivity index (χ4v) is 11.2. The van der Waals surface area contributed by atoms with E-state index in [2.05, 4.69) is 27.7 Å². The van der Waals surface area contributed by atoms with E-state index in [4.69, 9.17) is 4.74 Å². The minimum atomic E-state index is -0.528. The molecule has 3 heterocycles. The van der Waals surface area contributed by atoms with Crippen LogP contribution in [0.25, 0.3) is 0 Å². The van der Waals surface area contributed by atoms with Crippen molar-refractivity contribution in [2.24, 2.45) is 0 Å². The molecule has 0 amide bonds. The first-order valence-electron chi connectivity index (χ1n) is 7.99. The van der Waals surface area contributed by atoms with Crippen LogP contribution >= 0.6 is 15.8 Å². The van der Waals surface area contributed by atoms with E-state index < -0.39 is 15.8 Å². The number of esters is 2. The third kappa shape index (κ3) is 2.51. The van der Waals surface area contributed by atoms with E-state index in [-0.39, 0.29) is 11.9 Å². The van der Waals surface area contributed by atoms with Gasteiger partial charge in [0.2, 0.25) is 0 Å². The van der Waals surface area contributed by atoms with Crippen LogP contribution in [-0.4, -0.2) is 34.6 Å². The summed E-state index contributed by atoms with van der Waals surface area (Å²) < 4.78 is 5.09. The molecule has 3 nitrogen and oxygen atoms in total. The fourth-order valence-electron chi connectivity index (χ4n) is 4.10. The molecular weight excluding hydrogens is 302 g/mol. The maximum Gasteiger partial charge on any atom is 0.347 e. The molecule has 3 aliphatic rings. The van der Waals surface area contributed by atoms with Gasteiger partial charge < -0.3 is 4.74 Å². The van der Waals surface area contributed by atoms with Crippen molar-refractivity contribution in [3.63, 3.8) is 0 Å². The quantitative estimate of drug-likeness (QED) is 0.429. The van der Waals surface area contributed by atoms with Gasteiger partial charge in [0.15, 0.2) is 0 Å². The van der Waals surface area contributed by atoms with Crippen molar-refractivity contribution in [2.75, 3.05) is 0 Å². The highest BCUT2D eigenvalue weighted by atomic mass is 31.1. The Bertz CT molecular complexity index is 450. The van der Waals surface area contributed by atoms with Crippen molar-refractivity contribution < 1.29 is 14.3 Å². The minimum absolute atomic E-state index is 0.310. The van der Waals surface area contributed by atoms with Crippen LogP contribution in [0.1, 0.15) is 53.4 Å². The molecule has 3 aliphatic heterocycles.